The van der Waals surface area contributed by atoms with Gasteiger partial charge < -0.3 is 19.7 Å². The number of methoxy groups -OCH3 is 2. The average Bonchev–Trinajstić information content (AvgIpc) is 2.40. The Morgan fingerprint density at radius 2 is 1.53 bits per heavy atom. The number of hydrogen-bond acceptors (Lipinski definition) is 4. The van der Waals surface area contributed by atoms with Crippen LogP contribution in [0.3, 0.4) is 0 Å². The van der Waals surface area contributed by atoms with Gasteiger partial charge in [-0.05, 0) is 31.5 Å². The first kappa shape index (κ1) is 16.0. The molecule has 0 saturated carbocycles. The number of hydrogen-bond donors (Lipinski definition) is 1. The summed E-state index contributed by atoms with van der Waals surface area (Å²) < 4.78 is 10.5. The highest BCUT2D eigenvalue weighted by Crippen LogP contribution is 2.18. The largest absolute Gasteiger partial charge is 0.378 e. The molecule has 0 radical (unpaired) electrons. The lowest BCUT2D eigenvalue weighted by Crippen LogP contribution is -2.40. The van der Waals surface area contributed by atoms with Gasteiger partial charge in [0.25, 0.3) is 0 Å². The summed E-state index contributed by atoms with van der Waals surface area (Å²) >= 11 is 0. The summed E-state index contributed by atoms with van der Waals surface area (Å²) in [6, 6.07) is 8.92. The smallest absolute Gasteiger partial charge is 0.171 e. The maximum atomic E-state index is 5.26. The molecule has 1 rings (SSSR count). The van der Waals surface area contributed by atoms with Crippen molar-refractivity contribution in [1.82, 2.24) is 5.32 Å². The van der Waals surface area contributed by atoms with Crippen LogP contribution >= 0.6 is 0 Å². The fourth-order valence-electron chi connectivity index (χ4n) is 2.13. The number of nitrogens with one attached hydrogen (secondary N) is 1. The van der Waals surface area contributed by atoms with Crippen molar-refractivity contribution < 1.29 is 9.47 Å². The van der Waals surface area contributed by atoms with E-state index in [0.717, 1.165) is 0 Å². The Labute approximate surface area is 116 Å². The van der Waals surface area contributed by atoms with Gasteiger partial charge in [-0.25, -0.2) is 0 Å². The first-order valence-electron chi connectivity index (χ1n) is 6.58. The summed E-state index contributed by atoms with van der Waals surface area (Å²) in [4.78, 5) is 2.09. The van der Waals surface area contributed by atoms with Crippen LogP contribution in [0.25, 0.3) is 0 Å². The van der Waals surface area contributed by atoms with Gasteiger partial charge in [0.15, 0.2) is 6.29 Å². The molecule has 0 amide bonds. The molecule has 0 aliphatic carbocycles. The quantitative estimate of drug-likeness (QED) is 0.768. The van der Waals surface area contributed by atoms with Gasteiger partial charge >= 0.3 is 0 Å². The van der Waals surface area contributed by atoms with E-state index in [1.165, 1.54) is 11.3 Å². The molecule has 0 saturated heterocycles. The third-order valence-electron chi connectivity index (χ3n) is 3.30. The van der Waals surface area contributed by atoms with Crippen LogP contribution in [0.2, 0.25) is 0 Å². The Morgan fingerprint density at radius 1 is 1.00 bits per heavy atom. The third kappa shape index (κ3) is 4.49. The van der Waals surface area contributed by atoms with E-state index in [1.54, 1.807) is 14.2 Å². The average molecular weight is 266 g/mol. The lowest BCUT2D eigenvalue weighted by molar-refractivity contribution is -0.120. The predicted octanol–water partition coefficient (Wildman–Crippen LogP) is 2.41. The zero-order chi connectivity index (χ0) is 14.4. The molecule has 0 aliphatic rings. The Morgan fingerprint density at radius 3 is 1.95 bits per heavy atom. The third-order valence-corrected chi connectivity index (χ3v) is 3.30. The SMILES string of the molecule is COC(OC)C(C)NC(C)c1ccc(N(C)C)cc1. The maximum absolute atomic E-state index is 5.26. The van der Waals surface area contributed by atoms with E-state index in [-0.39, 0.29) is 18.4 Å². The minimum atomic E-state index is -0.233. The highest BCUT2D eigenvalue weighted by molar-refractivity contribution is 5.46. The van der Waals surface area contributed by atoms with Crippen molar-refractivity contribution >= 4 is 5.69 Å². The normalized spacial score (nSPS) is 14.5. The molecule has 2 unspecified atom stereocenters. The van der Waals surface area contributed by atoms with Gasteiger partial charge in [0.05, 0.1) is 6.04 Å². The van der Waals surface area contributed by atoms with E-state index in [1.807, 2.05) is 14.1 Å². The van der Waals surface area contributed by atoms with Gasteiger partial charge in [0.1, 0.15) is 0 Å². The second-order valence-electron chi connectivity index (χ2n) is 5.00. The fraction of sp³-hybridized carbons (Fsp3) is 0.600. The Bertz CT molecular complexity index is 361. The van der Waals surface area contributed by atoms with Crippen LogP contribution in [-0.4, -0.2) is 40.6 Å². The van der Waals surface area contributed by atoms with E-state index in [4.69, 9.17) is 9.47 Å². The number of benzene rings is 1. The summed E-state index contributed by atoms with van der Waals surface area (Å²) in [6.07, 6.45) is -0.233. The van der Waals surface area contributed by atoms with Crippen LogP contribution in [0.1, 0.15) is 25.5 Å². The minimum absolute atomic E-state index is 0.124. The van der Waals surface area contributed by atoms with Gasteiger partial charge in [0.2, 0.25) is 0 Å². The van der Waals surface area contributed by atoms with E-state index >= 15 is 0 Å². The molecular formula is C15H26N2O2. The molecule has 19 heavy (non-hydrogen) atoms. The predicted molar refractivity (Wildman–Crippen MR) is 79.6 cm³/mol. The summed E-state index contributed by atoms with van der Waals surface area (Å²) in [6.45, 7) is 4.20. The van der Waals surface area contributed by atoms with Crippen molar-refractivity contribution in [2.45, 2.75) is 32.2 Å². The number of anilines is 1. The Kier molecular flexibility index (Phi) is 6.28. The van der Waals surface area contributed by atoms with Crippen LogP contribution in [0, 0.1) is 0 Å². The Hall–Kier alpha value is -1.10. The molecule has 4 nitrogen and oxygen atoms in total. The van der Waals surface area contributed by atoms with Crippen molar-refractivity contribution in [2.75, 3.05) is 33.2 Å². The molecule has 1 aromatic rings. The summed E-state index contributed by atoms with van der Waals surface area (Å²) in [7, 11) is 7.40. The lowest BCUT2D eigenvalue weighted by Gasteiger charge is -2.26. The summed E-state index contributed by atoms with van der Waals surface area (Å²) in [5, 5.41) is 3.48. The van der Waals surface area contributed by atoms with E-state index in [9.17, 15) is 0 Å². The topological polar surface area (TPSA) is 33.7 Å². The second kappa shape index (κ2) is 7.48. The first-order chi connectivity index (χ1) is 8.99. The van der Waals surface area contributed by atoms with Crippen molar-refractivity contribution in [3.63, 3.8) is 0 Å². The fourth-order valence-corrected chi connectivity index (χ4v) is 2.13. The van der Waals surface area contributed by atoms with Crippen LogP contribution in [-0.2, 0) is 9.47 Å². The number of rotatable bonds is 7. The molecule has 0 spiro atoms. The summed E-state index contributed by atoms with van der Waals surface area (Å²) in [5.74, 6) is 0. The lowest BCUT2D eigenvalue weighted by atomic mass is 10.1. The number of ether oxygens (including phenoxy) is 2. The second-order valence-corrected chi connectivity index (χ2v) is 5.00. The van der Waals surface area contributed by atoms with E-state index < -0.39 is 0 Å². The van der Waals surface area contributed by atoms with Crippen LogP contribution in [0.4, 0.5) is 5.69 Å². The van der Waals surface area contributed by atoms with Gasteiger partial charge in [-0.2, -0.15) is 0 Å². The molecule has 108 valence electrons. The maximum Gasteiger partial charge on any atom is 0.171 e. The first-order valence-corrected chi connectivity index (χ1v) is 6.58. The molecule has 0 heterocycles. The Balaban J connectivity index is 2.64. The minimum Gasteiger partial charge on any atom is -0.378 e. The zero-order valence-electron chi connectivity index (χ0n) is 12.8. The highest BCUT2D eigenvalue weighted by Gasteiger charge is 2.18. The van der Waals surface area contributed by atoms with Crippen molar-refractivity contribution in [3.8, 4) is 0 Å². The van der Waals surface area contributed by atoms with Gasteiger partial charge in [0, 0.05) is 40.0 Å². The molecule has 0 aromatic heterocycles. The molecular weight excluding hydrogens is 240 g/mol. The van der Waals surface area contributed by atoms with Crippen molar-refractivity contribution in [3.05, 3.63) is 29.8 Å². The van der Waals surface area contributed by atoms with Gasteiger partial charge in [-0.1, -0.05) is 12.1 Å². The van der Waals surface area contributed by atoms with Crippen LogP contribution < -0.4 is 10.2 Å². The van der Waals surface area contributed by atoms with Crippen LogP contribution in [0.5, 0.6) is 0 Å². The molecule has 1 N–H and O–H groups in total. The van der Waals surface area contributed by atoms with Gasteiger partial charge in [-0.15, -0.1) is 0 Å². The van der Waals surface area contributed by atoms with Gasteiger partial charge in [-0.3, -0.25) is 0 Å². The van der Waals surface area contributed by atoms with Crippen molar-refractivity contribution in [1.29, 1.82) is 0 Å². The highest BCUT2D eigenvalue weighted by atomic mass is 16.7. The molecule has 0 fully saturated rings. The molecule has 2 atom stereocenters. The standard InChI is InChI=1S/C15H26N2O2/c1-11(16-12(2)15(18-5)19-6)13-7-9-14(10-8-13)17(3)4/h7-12,15-16H,1-6H3. The monoisotopic (exact) mass is 266 g/mol. The molecule has 0 aliphatic heterocycles. The van der Waals surface area contributed by atoms with E-state index in [2.05, 4.69) is 48.3 Å². The molecule has 0 bridgehead atoms. The van der Waals surface area contributed by atoms with E-state index in [0.29, 0.717) is 0 Å². The number of nitrogens with zero attached hydrogens (tertiary/aromatic N) is 1. The van der Waals surface area contributed by atoms with Crippen molar-refractivity contribution in [2.24, 2.45) is 0 Å². The molecule has 1 aromatic carbocycles. The summed E-state index contributed by atoms with van der Waals surface area (Å²) in [5.41, 5.74) is 2.46. The van der Waals surface area contributed by atoms with Crippen LogP contribution in [0.15, 0.2) is 24.3 Å². The zero-order valence-corrected chi connectivity index (χ0v) is 12.8. The molecule has 4 heteroatoms.